The molecule has 0 bridgehead atoms. The van der Waals surface area contributed by atoms with Gasteiger partial charge in [-0.3, -0.25) is 4.79 Å². The summed E-state index contributed by atoms with van der Waals surface area (Å²) in [5, 5.41) is 12.3. The number of nitrogens with one attached hydrogen (secondary N) is 1. The molecule has 4 N–H and O–H groups in total. The molecule has 0 radical (unpaired) electrons. The van der Waals surface area contributed by atoms with Crippen molar-refractivity contribution in [1.82, 2.24) is 5.32 Å². The van der Waals surface area contributed by atoms with Crippen molar-refractivity contribution in [2.45, 2.75) is 45.6 Å². The Bertz CT molecular complexity index is 235. The minimum Gasteiger partial charge on any atom is -0.396 e. The highest BCUT2D eigenvalue weighted by Gasteiger charge is 2.34. The molecular formula is C12H24N2O2. The summed E-state index contributed by atoms with van der Waals surface area (Å²) in [6.45, 7) is 4.58. The molecule has 1 aliphatic rings. The molecule has 1 saturated carbocycles. The number of carbonyl (C=O) groups is 1. The topological polar surface area (TPSA) is 75.4 Å². The summed E-state index contributed by atoms with van der Waals surface area (Å²) in [4.78, 5) is 11.7. The predicted octanol–water partition coefficient (Wildman–Crippen LogP) is 0.639. The van der Waals surface area contributed by atoms with Gasteiger partial charge in [-0.15, -0.1) is 0 Å². The summed E-state index contributed by atoms with van der Waals surface area (Å²) in [5.74, 6) is 0.0448. The molecule has 1 aliphatic carbocycles. The Balaban J connectivity index is 2.41. The molecule has 94 valence electrons. The molecule has 4 heteroatoms. The normalized spacial score (nSPS) is 21.1. The first-order chi connectivity index (χ1) is 7.51. The molecule has 0 saturated heterocycles. The van der Waals surface area contributed by atoms with Gasteiger partial charge < -0.3 is 16.2 Å². The van der Waals surface area contributed by atoms with Gasteiger partial charge in [0, 0.05) is 12.0 Å². The Morgan fingerprint density at radius 2 is 2.00 bits per heavy atom. The molecule has 0 aromatic carbocycles. The third kappa shape index (κ3) is 3.19. The largest absolute Gasteiger partial charge is 0.396 e. The zero-order valence-corrected chi connectivity index (χ0v) is 10.3. The molecule has 0 aliphatic heterocycles. The van der Waals surface area contributed by atoms with Crippen LogP contribution in [-0.2, 0) is 4.79 Å². The van der Waals surface area contributed by atoms with Crippen LogP contribution in [0.4, 0.5) is 0 Å². The Morgan fingerprint density at radius 1 is 1.44 bits per heavy atom. The van der Waals surface area contributed by atoms with Crippen molar-refractivity contribution in [2.75, 3.05) is 13.2 Å². The van der Waals surface area contributed by atoms with Crippen LogP contribution < -0.4 is 11.1 Å². The van der Waals surface area contributed by atoms with E-state index >= 15 is 0 Å². The second kappa shape index (κ2) is 5.64. The summed E-state index contributed by atoms with van der Waals surface area (Å²) in [6, 6.07) is -0.447. The Kier molecular flexibility index (Phi) is 4.74. The van der Waals surface area contributed by atoms with E-state index in [1.54, 1.807) is 0 Å². The molecule has 1 fully saturated rings. The van der Waals surface area contributed by atoms with Gasteiger partial charge in [-0.2, -0.15) is 0 Å². The Hall–Kier alpha value is -0.610. The van der Waals surface area contributed by atoms with Gasteiger partial charge >= 0.3 is 0 Å². The monoisotopic (exact) mass is 228 g/mol. The minimum atomic E-state index is -0.447. The van der Waals surface area contributed by atoms with Gasteiger partial charge in [-0.1, -0.05) is 26.7 Å². The predicted molar refractivity (Wildman–Crippen MR) is 63.8 cm³/mol. The van der Waals surface area contributed by atoms with E-state index in [2.05, 4.69) is 5.32 Å². The van der Waals surface area contributed by atoms with Crippen molar-refractivity contribution in [3.8, 4) is 0 Å². The van der Waals surface area contributed by atoms with Crippen LogP contribution in [0.2, 0.25) is 0 Å². The van der Waals surface area contributed by atoms with Crippen LogP contribution in [0.1, 0.15) is 39.5 Å². The lowest BCUT2D eigenvalue weighted by Crippen LogP contribution is -2.47. The molecule has 0 aromatic rings. The van der Waals surface area contributed by atoms with Crippen LogP contribution in [-0.4, -0.2) is 30.2 Å². The van der Waals surface area contributed by atoms with Crippen LogP contribution in [0.25, 0.3) is 0 Å². The fourth-order valence-corrected chi connectivity index (χ4v) is 2.21. The van der Waals surface area contributed by atoms with Gasteiger partial charge in [0.25, 0.3) is 0 Å². The van der Waals surface area contributed by atoms with Gasteiger partial charge in [-0.05, 0) is 18.8 Å². The summed E-state index contributed by atoms with van der Waals surface area (Å²) < 4.78 is 0. The summed E-state index contributed by atoms with van der Waals surface area (Å²) in [7, 11) is 0. The zero-order valence-electron chi connectivity index (χ0n) is 10.3. The van der Waals surface area contributed by atoms with Gasteiger partial charge in [0.05, 0.1) is 12.6 Å². The molecule has 0 aromatic heterocycles. The number of hydrogen-bond donors (Lipinski definition) is 3. The standard InChI is InChI=1S/C12H24N2O2/c1-9(2)10(13)11(16)14-7-12(8-15)5-3-4-6-12/h9-10,15H,3-8,13H2,1-2H3,(H,14,16). The van der Waals surface area contributed by atoms with E-state index in [4.69, 9.17) is 5.73 Å². The second-order valence-corrected chi connectivity index (χ2v) is 5.35. The summed E-state index contributed by atoms with van der Waals surface area (Å²) in [5.41, 5.74) is 5.66. The number of carbonyl (C=O) groups excluding carboxylic acids is 1. The quantitative estimate of drug-likeness (QED) is 0.646. The average molecular weight is 228 g/mol. The SMILES string of the molecule is CC(C)C(N)C(=O)NCC1(CO)CCCC1. The molecule has 0 heterocycles. The smallest absolute Gasteiger partial charge is 0.237 e. The third-order valence-electron chi connectivity index (χ3n) is 3.66. The molecule has 16 heavy (non-hydrogen) atoms. The maximum atomic E-state index is 11.7. The highest BCUT2D eigenvalue weighted by atomic mass is 16.3. The van der Waals surface area contributed by atoms with Crippen molar-refractivity contribution in [3.63, 3.8) is 0 Å². The number of aliphatic hydroxyl groups is 1. The average Bonchev–Trinajstić information content (AvgIpc) is 2.74. The molecule has 1 atom stereocenters. The van der Waals surface area contributed by atoms with Crippen molar-refractivity contribution in [2.24, 2.45) is 17.1 Å². The van der Waals surface area contributed by atoms with E-state index in [0.29, 0.717) is 6.54 Å². The van der Waals surface area contributed by atoms with Crippen LogP contribution in [0.15, 0.2) is 0 Å². The van der Waals surface area contributed by atoms with Gasteiger partial charge in [0.1, 0.15) is 0 Å². The maximum Gasteiger partial charge on any atom is 0.237 e. The summed E-state index contributed by atoms with van der Waals surface area (Å²) in [6.07, 6.45) is 4.29. The lowest BCUT2D eigenvalue weighted by Gasteiger charge is -2.27. The maximum absolute atomic E-state index is 11.7. The minimum absolute atomic E-state index is 0.0909. The van der Waals surface area contributed by atoms with Crippen LogP contribution in [0, 0.1) is 11.3 Å². The third-order valence-corrected chi connectivity index (χ3v) is 3.66. The van der Waals surface area contributed by atoms with Gasteiger partial charge in [-0.25, -0.2) is 0 Å². The van der Waals surface area contributed by atoms with Crippen LogP contribution >= 0.6 is 0 Å². The van der Waals surface area contributed by atoms with Gasteiger partial charge in [0.2, 0.25) is 5.91 Å². The van der Waals surface area contributed by atoms with E-state index < -0.39 is 6.04 Å². The highest BCUT2D eigenvalue weighted by Crippen LogP contribution is 2.36. The van der Waals surface area contributed by atoms with E-state index in [0.717, 1.165) is 25.7 Å². The molecule has 1 rings (SSSR count). The molecule has 4 nitrogen and oxygen atoms in total. The second-order valence-electron chi connectivity index (χ2n) is 5.35. The van der Waals surface area contributed by atoms with Crippen molar-refractivity contribution >= 4 is 5.91 Å². The fraction of sp³-hybridized carbons (Fsp3) is 0.917. The number of aliphatic hydroxyl groups excluding tert-OH is 1. The Morgan fingerprint density at radius 3 is 2.44 bits per heavy atom. The number of hydrogen-bond acceptors (Lipinski definition) is 3. The van der Waals surface area contributed by atoms with Gasteiger partial charge in [0.15, 0.2) is 0 Å². The van der Waals surface area contributed by atoms with Crippen LogP contribution in [0.3, 0.4) is 0 Å². The molecule has 0 spiro atoms. The lowest BCUT2D eigenvalue weighted by atomic mass is 9.87. The lowest BCUT2D eigenvalue weighted by molar-refractivity contribution is -0.123. The molecule has 1 unspecified atom stereocenters. The van der Waals surface area contributed by atoms with Crippen molar-refractivity contribution < 1.29 is 9.90 Å². The highest BCUT2D eigenvalue weighted by molar-refractivity contribution is 5.81. The Labute approximate surface area is 97.6 Å². The van der Waals surface area contributed by atoms with Crippen molar-refractivity contribution in [3.05, 3.63) is 0 Å². The molecular weight excluding hydrogens is 204 g/mol. The molecule has 1 amide bonds. The van der Waals surface area contributed by atoms with E-state index in [1.165, 1.54) is 0 Å². The van der Waals surface area contributed by atoms with E-state index in [9.17, 15) is 9.90 Å². The first-order valence-electron chi connectivity index (χ1n) is 6.15. The zero-order chi connectivity index (χ0) is 12.2. The fourth-order valence-electron chi connectivity index (χ4n) is 2.21. The number of nitrogens with two attached hydrogens (primary N) is 1. The van der Waals surface area contributed by atoms with E-state index in [-0.39, 0.29) is 23.8 Å². The number of rotatable bonds is 5. The first kappa shape index (κ1) is 13.5. The van der Waals surface area contributed by atoms with E-state index in [1.807, 2.05) is 13.8 Å². The van der Waals surface area contributed by atoms with Crippen molar-refractivity contribution in [1.29, 1.82) is 0 Å². The van der Waals surface area contributed by atoms with Crippen LogP contribution in [0.5, 0.6) is 0 Å². The number of amides is 1. The summed E-state index contributed by atoms with van der Waals surface area (Å²) >= 11 is 0. The first-order valence-corrected chi connectivity index (χ1v) is 6.15.